The van der Waals surface area contributed by atoms with E-state index in [-0.39, 0.29) is 11.4 Å². The Labute approximate surface area is 109 Å². The molecule has 0 spiro atoms. The lowest BCUT2D eigenvalue weighted by atomic mass is 10.2. The lowest BCUT2D eigenvalue weighted by Crippen LogP contribution is -1.92. The number of phenolic OH excluding ortho intramolecular Hbond substituents is 1. The maximum Gasteiger partial charge on any atom is 0.270 e. The van der Waals surface area contributed by atoms with Crippen molar-refractivity contribution in [3.8, 4) is 5.75 Å². The van der Waals surface area contributed by atoms with Gasteiger partial charge in [-0.3, -0.25) is 15.5 Å². The zero-order valence-electron chi connectivity index (χ0n) is 9.85. The molecule has 2 aromatic rings. The molecule has 0 amide bonds. The Kier molecular flexibility index (Phi) is 3.72. The average Bonchev–Trinajstić information content (AvgIpc) is 2.41. The molecule has 2 N–H and O–H groups in total. The summed E-state index contributed by atoms with van der Waals surface area (Å²) in [7, 11) is 0. The lowest BCUT2D eigenvalue weighted by molar-refractivity contribution is -0.384. The first-order valence-corrected chi connectivity index (χ1v) is 5.48. The summed E-state index contributed by atoms with van der Waals surface area (Å²) in [6, 6.07) is 12.8. The van der Waals surface area contributed by atoms with E-state index in [9.17, 15) is 15.2 Å². The van der Waals surface area contributed by atoms with Crippen molar-refractivity contribution in [1.82, 2.24) is 0 Å². The van der Waals surface area contributed by atoms with Crippen LogP contribution in [0.1, 0.15) is 5.56 Å². The average molecular weight is 257 g/mol. The largest absolute Gasteiger partial charge is 0.506 e. The Hall–Kier alpha value is -2.89. The monoisotopic (exact) mass is 257 g/mol. The van der Waals surface area contributed by atoms with Gasteiger partial charge in [-0.25, -0.2) is 0 Å². The van der Waals surface area contributed by atoms with Crippen LogP contribution in [-0.2, 0) is 0 Å². The fourth-order valence-corrected chi connectivity index (χ4v) is 1.46. The molecule has 2 rings (SSSR count). The van der Waals surface area contributed by atoms with Gasteiger partial charge >= 0.3 is 0 Å². The highest BCUT2D eigenvalue weighted by Gasteiger charge is 2.03. The Morgan fingerprint density at radius 1 is 1.21 bits per heavy atom. The van der Waals surface area contributed by atoms with Gasteiger partial charge in [0.2, 0.25) is 0 Å². The summed E-state index contributed by atoms with van der Waals surface area (Å²) in [6.45, 7) is 0. The van der Waals surface area contributed by atoms with E-state index < -0.39 is 4.92 Å². The number of hydrazone groups is 1. The van der Waals surface area contributed by atoms with E-state index in [1.807, 2.05) is 0 Å². The molecule has 0 aliphatic rings. The van der Waals surface area contributed by atoms with Gasteiger partial charge in [0.25, 0.3) is 5.69 Å². The van der Waals surface area contributed by atoms with Crippen LogP contribution in [0.5, 0.6) is 5.75 Å². The maximum absolute atomic E-state index is 10.6. The van der Waals surface area contributed by atoms with Crippen LogP contribution in [0.3, 0.4) is 0 Å². The van der Waals surface area contributed by atoms with E-state index in [2.05, 4.69) is 10.5 Å². The number of nitrogens with zero attached hydrogens (tertiary/aromatic N) is 2. The number of nitrogens with one attached hydrogen (secondary N) is 1. The number of hydrogen-bond acceptors (Lipinski definition) is 5. The van der Waals surface area contributed by atoms with Crippen LogP contribution < -0.4 is 5.43 Å². The number of phenols is 1. The molecule has 0 aliphatic heterocycles. The standard InChI is InChI=1S/C13H11N3O3/c17-13-7-2-1-6-12(13)15-14-9-10-4-3-5-11(8-10)16(18)19/h1-9,15,17H/b14-9+. The number of rotatable bonds is 4. The minimum atomic E-state index is -0.464. The van der Waals surface area contributed by atoms with E-state index in [0.717, 1.165) is 0 Å². The Morgan fingerprint density at radius 2 is 2.00 bits per heavy atom. The predicted molar refractivity (Wildman–Crippen MR) is 72.4 cm³/mol. The second-order valence-electron chi connectivity index (χ2n) is 3.74. The van der Waals surface area contributed by atoms with Gasteiger partial charge in [0.1, 0.15) is 5.75 Å². The molecule has 0 aliphatic carbocycles. The van der Waals surface area contributed by atoms with Crippen LogP contribution in [0.15, 0.2) is 53.6 Å². The molecule has 0 saturated carbocycles. The summed E-state index contributed by atoms with van der Waals surface area (Å²) in [5, 5.41) is 24.0. The van der Waals surface area contributed by atoms with Crippen LogP contribution in [0, 0.1) is 10.1 Å². The van der Waals surface area contributed by atoms with Gasteiger partial charge in [0, 0.05) is 17.7 Å². The molecule has 0 unspecified atom stereocenters. The summed E-state index contributed by atoms with van der Waals surface area (Å²) >= 11 is 0. The van der Waals surface area contributed by atoms with Gasteiger partial charge in [-0.05, 0) is 12.1 Å². The highest BCUT2D eigenvalue weighted by atomic mass is 16.6. The third-order valence-corrected chi connectivity index (χ3v) is 2.38. The van der Waals surface area contributed by atoms with Crippen molar-refractivity contribution in [3.63, 3.8) is 0 Å². The van der Waals surface area contributed by atoms with Crippen molar-refractivity contribution >= 4 is 17.6 Å². The fraction of sp³-hybridized carbons (Fsp3) is 0. The minimum absolute atomic E-state index is 0.00603. The first kappa shape index (κ1) is 12.6. The Bertz CT molecular complexity index is 626. The molecule has 2 aromatic carbocycles. The topological polar surface area (TPSA) is 87.8 Å². The molecule has 0 fully saturated rings. The second kappa shape index (κ2) is 5.63. The highest BCUT2D eigenvalue weighted by molar-refractivity contribution is 5.81. The van der Waals surface area contributed by atoms with Crippen LogP contribution in [0.25, 0.3) is 0 Å². The minimum Gasteiger partial charge on any atom is -0.506 e. The molecule has 19 heavy (non-hydrogen) atoms. The van der Waals surface area contributed by atoms with Crippen molar-refractivity contribution in [1.29, 1.82) is 0 Å². The molecule has 6 nitrogen and oxygen atoms in total. The molecular formula is C13H11N3O3. The van der Waals surface area contributed by atoms with Crippen LogP contribution in [-0.4, -0.2) is 16.2 Å². The Morgan fingerprint density at radius 3 is 2.74 bits per heavy atom. The molecule has 96 valence electrons. The summed E-state index contributed by atoms with van der Waals surface area (Å²) in [6.07, 6.45) is 1.44. The number of hydrogen-bond donors (Lipinski definition) is 2. The molecule has 0 radical (unpaired) electrons. The van der Waals surface area contributed by atoms with Gasteiger partial charge in [-0.15, -0.1) is 0 Å². The number of nitro benzene ring substituents is 1. The normalized spacial score (nSPS) is 10.5. The maximum atomic E-state index is 10.6. The number of anilines is 1. The quantitative estimate of drug-likeness (QED) is 0.381. The van der Waals surface area contributed by atoms with Crippen molar-refractivity contribution < 1.29 is 10.0 Å². The SMILES string of the molecule is O=[N+]([O-])c1cccc(/C=N/Nc2ccccc2O)c1. The van der Waals surface area contributed by atoms with Gasteiger partial charge in [-0.2, -0.15) is 5.10 Å². The summed E-state index contributed by atoms with van der Waals surface area (Å²) in [5.41, 5.74) is 3.72. The van der Waals surface area contributed by atoms with E-state index in [4.69, 9.17) is 0 Å². The van der Waals surface area contributed by atoms with Gasteiger partial charge in [-0.1, -0.05) is 24.3 Å². The number of para-hydroxylation sites is 2. The third kappa shape index (κ3) is 3.29. The summed E-state index contributed by atoms with van der Waals surface area (Å²) in [4.78, 5) is 10.1. The first-order valence-electron chi connectivity index (χ1n) is 5.48. The van der Waals surface area contributed by atoms with Crippen molar-refractivity contribution in [2.24, 2.45) is 5.10 Å². The first-order chi connectivity index (χ1) is 9.16. The number of nitro groups is 1. The predicted octanol–water partition coefficient (Wildman–Crippen LogP) is 2.75. The molecular weight excluding hydrogens is 246 g/mol. The van der Waals surface area contributed by atoms with Crippen LogP contribution in [0.2, 0.25) is 0 Å². The molecule has 0 heterocycles. The number of non-ortho nitro benzene ring substituents is 1. The number of aromatic hydroxyl groups is 1. The van der Waals surface area contributed by atoms with E-state index >= 15 is 0 Å². The molecule has 0 atom stereocenters. The number of benzene rings is 2. The van der Waals surface area contributed by atoms with Crippen molar-refractivity contribution in [3.05, 3.63) is 64.2 Å². The zero-order chi connectivity index (χ0) is 13.7. The molecule has 0 bridgehead atoms. The smallest absolute Gasteiger partial charge is 0.270 e. The van der Waals surface area contributed by atoms with Gasteiger partial charge in [0.05, 0.1) is 16.8 Å². The molecule has 6 heteroatoms. The summed E-state index contributed by atoms with van der Waals surface area (Å²) in [5.74, 6) is 0.0821. The van der Waals surface area contributed by atoms with Gasteiger partial charge < -0.3 is 5.11 Å². The van der Waals surface area contributed by atoms with Crippen LogP contribution >= 0.6 is 0 Å². The van der Waals surface area contributed by atoms with E-state index in [1.54, 1.807) is 30.3 Å². The molecule has 0 aromatic heterocycles. The van der Waals surface area contributed by atoms with Crippen LogP contribution in [0.4, 0.5) is 11.4 Å². The lowest BCUT2D eigenvalue weighted by Gasteiger charge is -2.01. The van der Waals surface area contributed by atoms with Gasteiger partial charge in [0.15, 0.2) is 0 Å². The second-order valence-corrected chi connectivity index (χ2v) is 3.74. The van der Waals surface area contributed by atoms with Crippen molar-refractivity contribution in [2.75, 3.05) is 5.43 Å². The van der Waals surface area contributed by atoms with E-state index in [0.29, 0.717) is 11.3 Å². The highest BCUT2D eigenvalue weighted by Crippen LogP contribution is 2.21. The zero-order valence-corrected chi connectivity index (χ0v) is 9.85. The van der Waals surface area contributed by atoms with Crippen molar-refractivity contribution in [2.45, 2.75) is 0 Å². The van der Waals surface area contributed by atoms with E-state index in [1.165, 1.54) is 24.4 Å². The fourth-order valence-electron chi connectivity index (χ4n) is 1.46. The molecule has 0 saturated heterocycles. The third-order valence-electron chi connectivity index (χ3n) is 2.38. The summed E-state index contributed by atoms with van der Waals surface area (Å²) < 4.78 is 0. The Balaban J connectivity index is 2.09.